The lowest BCUT2D eigenvalue weighted by Crippen LogP contribution is -2.35. The van der Waals surface area contributed by atoms with Crippen molar-refractivity contribution in [3.05, 3.63) is 11.6 Å². The summed E-state index contributed by atoms with van der Waals surface area (Å²) in [5, 5.41) is 8.58. The summed E-state index contributed by atoms with van der Waals surface area (Å²) < 4.78 is 0. The molecule has 0 radical (unpaired) electrons. The van der Waals surface area contributed by atoms with Gasteiger partial charge in [-0.15, -0.1) is 0 Å². The lowest BCUT2D eigenvalue weighted by atomic mass is 10.3. The van der Waals surface area contributed by atoms with Crippen molar-refractivity contribution in [2.75, 3.05) is 13.1 Å². The van der Waals surface area contributed by atoms with Crippen molar-refractivity contribution in [2.45, 2.75) is 27.2 Å². The molecule has 0 saturated heterocycles. The minimum absolute atomic E-state index is 0.226. The molecule has 80 valence electrons. The predicted octanol–water partition coefficient (Wildman–Crippen LogP) is 1.28. The standard InChI is InChI=1S/C10H17NO3/c1-4-5-11(7-10(13)14)9(12)6-8(2)3/h6H,4-5,7H2,1-3H3,(H,13,14). The summed E-state index contributed by atoms with van der Waals surface area (Å²) in [7, 11) is 0. The second-order valence-corrected chi connectivity index (χ2v) is 3.38. The maximum atomic E-state index is 11.5. The first-order valence-electron chi connectivity index (χ1n) is 4.63. The highest BCUT2D eigenvalue weighted by molar-refractivity contribution is 5.90. The SMILES string of the molecule is CCCN(CC(=O)O)C(=O)C=C(C)C. The Hall–Kier alpha value is -1.32. The van der Waals surface area contributed by atoms with Gasteiger partial charge in [0.2, 0.25) is 5.91 Å². The van der Waals surface area contributed by atoms with E-state index in [-0.39, 0.29) is 12.5 Å². The van der Waals surface area contributed by atoms with Crippen molar-refractivity contribution in [2.24, 2.45) is 0 Å². The molecule has 0 aliphatic heterocycles. The minimum Gasteiger partial charge on any atom is -0.480 e. The Morgan fingerprint density at radius 3 is 2.29 bits per heavy atom. The highest BCUT2D eigenvalue weighted by Crippen LogP contribution is 1.97. The van der Waals surface area contributed by atoms with Gasteiger partial charge in [-0.2, -0.15) is 0 Å². The second kappa shape index (κ2) is 6.18. The molecule has 4 heteroatoms. The van der Waals surface area contributed by atoms with Crippen LogP contribution in [0, 0.1) is 0 Å². The van der Waals surface area contributed by atoms with Gasteiger partial charge in [0.1, 0.15) is 6.54 Å². The van der Waals surface area contributed by atoms with Crippen LogP contribution in [-0.4, -0.2) is 35.0 Å². The first-order valence-corrected chi connectivity index (χ1v) is 4.63. The number of carbonyl (C=O) groups excluding carboxylic acids is 1. The van der Waals surface area contributed by atoms with Gasteiger partial charge in [-0.1, -0.05) is 12.5 Å². The van der Waals surface area contributed by atoms with E-state index < -0.39 is 5.97 Å². The number of aliphatic carboxylic acids is 1. The summed E-state index contributed by atoms with van der Waals surface area (Å²) in [5.41, 5.74) is 0.876. The molecule has 0 aromatic carbocycles. The fourth-order valence-corrected chi connectivity index (χ4v) is 1.04. The summed E-state index contributed by atoms with van der Waals surface area (Å²) in [6, 6.07) is 0. The van der Waals surface area contributed by atoms with E-state index in [4.69, 9.17) is 5.11 Å². The van der Waals surface area contributed by atoms with Crippen molar-refractivity contribution in [3.63, 3.8) is 0 Å². The van der Waals surface area contributed by atoms with Gasteiger partial charge in [-0.3, -0.25) is 9.59 Å². The van der Waals surface area contributed by atoms with Gasteiger partial charge >= 0.3 is 5.97 Å². The molecule has 1 amide bonds. The van der Waals surface area contributed by atoms with Gasteiger partial charge in [0.15, 0.2) is 0 Å². The molecular formula is C10H17NO3. The number of rotatable bonds is 5. The van der Waals surface area contributed by atoms with Crippen LogP contribution in [0.4, 0.5) is 0 Å². The average Bonchev–Trinajstić information content (AvgIpc) is 2.01. The number of carbonyl (C=O) groups is 2. The zero-order valence-corrected chi connectivity index (χ0v) is 8.91. The lowest BCUT2D eigenvalue weighted by Gasteiger charge is -2.17. The second-order valence-electron chi connectivity index (χ2n) is 3.38. The van der Waals surface area contributed by atoms with E-state index in [2.05, 4.69) is 0 Å². The van der Waals surface area contributed by atoms with E-state index in [0.29, 0.717) is 6.54 Å². The molecule has 0 aliphatic carbocycles. The fraction of sp³-hybridized carbons (Fsp3) is 0.600. The van der Waals surface area contributed by atoms with E-state index in [0.717, 1.165) is 12.0 Å². The molecule has 0 aromatic rings. The topological polar surface area (TPSA) is 57.6 Å². The van der Waals surface area contributed by atoms with Crippen LogP contribution in [0.25, 0.3) is 0 Å². The number of nitrogens with zero attached hydrogens (tertiary/aromatic N) is 1. The Kier molecular flexibility index (Phi) is 5.60. The number of allylic oxidation sites excluding steroid dienone is 1. The molecule has 0 bridgehead atoms. The quantitative estimate of drug-likeness (QED) is 0.678. The minimum atomic E-state index is -0.978. The van der Waals surface area contributed by atoms with Crippen molar-refractivity contribution >= 4 is 11.9 Å². The summed E-state index contributed by atoms with van der Waals surface area (Å²) in [5.74, 6) is -1.21. The molecule has 0 spiro atoms. The normalized spacial score (nSPS) is 9.36. The van der Waals surface area contributed by atoms with E-state index >= 15 is 0 Å². The summed E-state index contributed by atoms with van der Waals surface area (Å²) >= 11 is 0. The van der Waals surface area contributed by atoms with Crippen molar-refractivity contribution in [1.82, 2.24) is 4.90 Å². The number of carboxylic acids is 1. The predicted molar refractivity (Wildman–Crippen MR) is 53.9 cm³/mol. The largest absolute Gasteiger partial charge is 0.480 e. The number of hydrogen-bond acceptors (Lipinski definition) is 2. The molecule has 0 saturated carbocycles. The highest BCUT2D eigenvalue weighted by Gasteiger charge is 2.12. The first kappa shape index (κ1) is 12.7. The van der Waals surface area contributed by atoms with Gasteiger partial charge < -0.3 is 10.0 Å². The molecule has 0 atom stereocenters. The Morgan fingerprint density at radius 1 is 1.36 bits per heavy atom. The molecular weight excluding hydrogens is 182 g/mol. The van der Waals surface area contributed by atoms with Crippen LogP contribution in [0.15, 0.2) is 11.6 Å². The number of hydrogen-bond donors (Lipinski definition) is 1. The van der Waals surface area contributed by atoms with Gasteiger partial charge in [0.05, 0.1) is 0 Å². The number of carboxylic acid groups (broad SMARTS) is 1. The van der Waals surface area contributed by atoms with Crippen LogP contribution >= 0.6 is 0 Å². The molecule has 0 fully saturated rings. The van der Waals surface area contributed by atoms with Gasteiger partial charge in [0.25, 0.3) is 0 Å². The molecule has 14 heavy (non-hydrogen) atoms. The van der Waals surface area contributed by atoms with Crippen LogP contribution in [0.3, 0.4) is 0 Å². The molecule has 0 aliphatic rings. The first-order chi connectivity index (χ1) is 6.47. The molecule has 0 aromatic heterocycles. The molecule has 0 rings (SSSR count). The van der Waals surface area contributed by atoms with Crippen LogP contribution < -0.4 is 0 Å². The van der Waals surface area contributed by atoms with Gasteiger partial charge in [-0.25, -0.2) is 0 Å². The molecule has 0 heterocycles. The van der Waals surface area contributed by atoms with Crippen molar-refractivity contribution in [1.29, 1.82) is 0 Å². The van der Waals surface area contributed by atoms with Crippen molar-refractivity contribution in [3.8, 4) is 0 Å². The molecule has 4 nitrogen and oxygen atoms in total. The Bertz CT molecular complexity index is 242. The summed E-state index contributed by atoms with van der Waals surface area (Å²) in [4.78, 5) is 23.3. The summed E-state index contributed by atoms with van der Waals surface area (Å²) in [6.45, 7) is 5.78. The maximum absolute atomic E-state index is 11.5. The van der Waals surface area contributed by atoms with Crippen LogP contribution in [0.5, 0.6) is 0 Å². The van der Waals surface area contributed by atoms with Gasteiger partial charge in [-0.05, 0) is 20.3 Å². The average molecular weight is 199 g/mol. The lowest BCUT2D eigenvalue weighted by molar-refractivity contribution is -0.142. The van der Waals surface area contributed by atoms with Crippen molar-refractivity contribution < 1.29 is 14.7 Å². The monoisotopic (exact) mass is 199 g/mol. The Morgan fingerprint density at radius 2 is 1.93 bits per heavy atom. The fourth-order valence-electron chi connectivity index (χ4n) is 1.04. The smallest absolute Gasteiger partial charge is 0.323 e. The van der Waals surface area contributed by atoms with Gasteiger partial charge in [0, 0.05) is 12.6 Å². The van der Waals surface area contributed by atoms with E-state index in [9.17, 15) is 9.59 Å². The Labute approximate surface area is 84.2 Å². The third-order valence-corrected chi connectivity index (χ3v) is 1.54. The summed E-state index contributed by atoms with van der Waals surface area (Å²) in [6.07, 6.45) is 2.22. The van der Waals surface area contributed by atoms with Crippen LogP contribution in [0.2, 0.25) is 0 Å². The van der Waals surface area contributed by atoms with Crippen LogP contribution in [0.1, 0.15) is 27.2 Å². The maximum Gasteiger partial charge on any atom is 0.323 e. The highest BCUT2D eigenvalue weighted by atomic mass is 16.4. The molecule has 0 unspecified atom stereocenters. The zero-order valence-electron chi connectivity index (χ0n) is 8.91. The number of amides is 1. The third kappa shape index (κ3) is 5.35. The Balaban J connectivity index is 4.40. The van der Waals surface area contributed by atoms with E-state index in [1.54, 1.807) is 0 Å². The van der Waals surface area contributed by atoms with E-state index in [1.165, 1.54) is 11.0 Å². The van der Waals surface area contributed by atoms with Crippen LogP contribution in [-0.2, 0) is 9.59 Å². The zero-order chi connectivity index (χ0) is 11.1. The third-order valence-electron chi connectivity index (χ3n) is 1.54. The molecule has 1 N–H and O–H groups in total. The van der Waals surface area contributed by atoms with E-state index in [1.807, 2.05) is 20.8 Å².